The molecule has 242 valence electrons. The minimum Gasteiger partial charge on any atom is -0.409 e. The number of nitrogens with one attached hydrogen (secondary N) is 1. The number of carbonyl (C=O) groups is 1. The van der Waals surface area contributed by atoms with Gasteiger partial charge in [-0.1, -0.05) is 118 Å². The summed E-state index contributed by atoms with van der Waals surface area (Å²) in [6.45, 7) is 15.0. The van der Waals surface area contributed by atoms with E-state index in [9.17, 15) is 4.79 Å². The Kier molecular flexibility index (Phi) is 8.98. The molecule has 1 N–H and O–H groups in total. The lowest BCUT2D eigenvalue weighted by molar-refractivity contribution is -0.121. The maximum Gasteiger partial charge on any atom is 0.192 e. The smallest absolute Gasteiger partial charge is 0.192 e. The highest BCUT2D eigenvalue weighted by molar-refractivity contribution is 6.74. The molecule has 0 radical (unpaired) electrons. The first kappa shape index (κ1) is 32.5. The fourth-order valence-electron chi connectivity index (χ4n) is 6.31. The van der Waals surface area contributed by atoms with Crippen LogP contribution in [-0.2, 0) is 19.5 Å². The molecular weight excluding hydrogens is 603 g/mol. The molecule has 3 heterocycles. The Bertz CT molecular complexity index is 1730. The summed E-state index contributed by atoms with van der Waals surface area (Å²) >= 11 is 0. The lowest BCUT2D eigenvalue weighted by Gasteiger charge is -2.40. The number of nitrogens with zero attached hydrogens (tertiary/aromatic N) is 4. The summed E-state index contributed by atoms with van der Waals surface area (Å²) in [7, 11) is -2.27. The predicted molar refractivity (Wildman–Crippen MR) is 189 cm³/mol. The predicted octanol–water partition coefficient (Wildman–Crippen LogP) is 7.91. The summed E-state index contributed by atoms with van der Waals surface area (Å²) in [6, 6.07) is 31.1. The van der Waals surface area contributed by atoms with Crippen molar-refractivity contribution in [3.05, 3.63) is 133 Å². The van der Waals surface area contributed by atoms with Gasteiger partial charge in [0.25, 0.3) is 0 Å². The highest BCUT2D eigenvalue weighted by Gasteiger charge is 2.50. The van der Waals surface area contributed by atoms with Crippen LogP contribution in [0.15, 0.2) is 116 Å². The second kappa shape index (κ2) is 13.0. The molecule has 4 atom stereocenters. The number of carbonyl (C=O) groups excluding carboxylic acids is 1. The third-order valence-electron chi connectivity index (χ3n) is 9.79. The van der Waals surface area contributed by atoms with Crippen molar-refractivity contribution in [3.8, 4) is 0 Å². The molecule has 1 saturated heterocycles. The number of anilines is 1. The summed E-state index contributed by atoms with van der Waals surface area (Å²) in [4.78, 5) is 26.7. The lowest BCUT2D eigenvalue weighted by atomic mass is 9.77. The van der Waals surface area contributed by atoms with Crippen LogP contribution in [0.5, 0.6) is 0 Å². The van der Waals surface area contributed by atoms with Gasteiger partial charge in [0.2, 0.25) is 0 Å². The molecule has 0 aliphatic carbocycles. The van der Waals surface area contributed by atoms with E-state index in [0.717, 1.165) is 23.0 Å². The van der Waals surface area contributed by atoms with E-state index in [1.165, 1.54) is 0 Å². The summed E-state index contributed by atoms with van der Waals surface area (Å²) in [6.07, 6.45) is 4.92. The van der Waals surface area contributed by atoms with E-state index >= 15 is 0 Å². The molecule has 3 aromatic carbocycles. The number of hydrogen-bond acceptors (Lipinski definition) is 7. The van der Waals surface area contributed by atoms with Gasteiger partial charge in [-0.25, -0.2) is 15.0 Å². The van der Waals surface area contributed by atoms with Crippen LogP contribution in [0.4, 0.5) is 5.82 Å². The summed E-state index contributed by atoms with van der Waals surface area (Å²) in [5.41, 5.74) is 3.52. The van der Waals surface area contributed by atoms with Gasteiger partial charge in [-0.05, 0) is 41.2 Å². The summed E-state index contributed by atoms with van der Waals surface area (Å²) in [5.74, 6) is 0.377. The maximum absolute atomic E-state index is 12.3. The van der Waals surface area contributed by atoms with Gasteiger partial charge in [-0.3, -0.25) is 4.57 Å². The van der Waals surface area contributed by atoms with Crippen molar-refractivity contribution in [2.75, 3.05) is 5.32 Å². The monoisotopic (exact) mass is 645 g/mol. The van der Waals surface area contributed by atoms with Crippen LogP contribution < -0.4 is 5.32 Å². The first-order chi connectivity index (χ1) is 22.6. The van der Waals surface area contributed by atoms with Gasteiger partial charge in [0.15, 0.2) is 31.5 Å². The van der Waals surface area contributed by atoms with Crippen LogP contribution in [0.3, 0.4) is 0 Å². The van der Waals surface area contributed by atoms with Gasteiger partial charge in [0.1, 0.15) is 24.3 Å². The Morgan fingerprint density at radius 3 is 1.94 bits per heavy atom. The largest absolute Gasteiger partial charge is 0.409 e. The number of ether oxygens (including phenoxy) is 1. The molecule has 9 heteroatoms. The van der Waals surface area contributed by atoms with Crippen LogP contribution in [0.25, 0.3) is 11.2 Å². The average molecular weight is 646 g/mol. The molecule has 6 rings (SSSR count). The number of hydrogen-bond donors (Lipinski definition) is 1. The average Bonchev–Trinajstić information content (AvgIpc) is 3.66. The molecule has 0 unspecified atom stereocenters. The minimum absolute atomic E-state index is 0.0402. The highest BCUT2D eigenvalue weighted by Crippen LogP contribution is 2.46. The fourth-order valence-corrected chi connectivity index (χ4v) is 7.63. The summed E-state index contributed by atoms with van der Waals surface area (Å²) in [5, 5.41) is 3.80. The third kappa shape index (κ3) is 5.95. The van der Waals surface area contributed by atoms with Crippen LogP contribution in [0.2, 0.25) is 18.1 Å². The van der Waals surface area contributed by atoms with Crippen molar-refractivity contribution in [2.45, 2.75) is 69.3 Å². The zero-order valence-electron chi connectivity index (χ0n) is 27.7. The van der Waals surface area contributed by atoms with E-state index < -0.39 is 32.3 Å². The number of aldehydes is 1. The highest BCUT2D eigenvalue weighted by atomic mass is 28.4. The van der Waals surface area contributed by atoms with Gasteiger partial charge in [0, 0.05) is 5.92 Å². The van der Waals surface area contributed by atoms with Gasteiger partial charge in [0.05, 0.1) is 12.4 Å². The van der Waals surface area contributed by atoms with Crippen molar-refractivity contribution >= 4 is 31.6 Å². The second-order valence-electron chi connectivity index (χ2n) is 13.7. The van der Waals surface area contributed by atoms with Crippen LogP contribution in [0, 0.1) is 5.92 Å². The zero-order valence-corrected chi connectivity index (χ0v) is 28.7. The number of imidazole rings is 1. The Balaban J connectivity index is 1.49. The van der Waals surface area contributed by atoms with Crippen molar-refractivity contribution in [2.24, 2.45) is 5.92 Å². The normalized spacial score (nSPS) is 20.3. The van der Waals surface area contributed by atoms with E-state index in [2.05, 4.69) is 82.2 Å². The van der Waals surface area contributed by atoms with Crippen LogP contribution in [-0.4, -0.2) is 46.3 Å². The lowest BCUT2D eigenvalue weighted by Crippen LogP contribution is -2.47. The second-order valence-corrected chi connectivity index (χ2v) is 18.4. The Morgan fingerprint density at radius 2 is 1.45 bits per heavy atom. The Hall–Kier alpha value is -4.44. The van der Waals surface area contributed by atoms with Gasteiger partial charge in [-0.15, -0.1) is 6.58 Å². The van der Waals surface area contributed by atoms with E-state index in [0.29, 0.717) is 23.4 Å². The third-order valence-corrected chi connectivity index (χ3v) is 14.3. The van der Waals surface area contributed by atoms with Gasteiger partial charge in [-0.2, -0.15) is 0 Å². The number of benzene rings is 3. The quantitative estimate of drug-likeness (QED) is 0.0676. The van der Waals surface area contributed by atoms with E-state index in [1.54, 1.807) is 12.7 Å². The van der Waals surface area contributed by atoms with Crippen LogP contribution in [0.1, 0.15) is 50.1 Å². The van der Waals surface area contributed by atoms with Crippen molar-refractivity contribution < 1.29 is 14.0 Å². The maximum atomic E-state index is 12.3. The van der Waals surface area contributed by atoms with Gasteiger partial charge < -0.3 is 19.3 Å². The van der Waals surface area contributed by atoms with Gasteiger partial charge >= 0.3 is 0 Å². The molecule has 0 bridgehead atoms. The molecular formula is C38H43N5O3Si. The number of aromatic nitrogens is 4. The molecule has 0 spiro atoms. The fraction of sp³-hybridized carbons (Fsp3) is 0.316. The number of allylic oxidation sites excluding steroid dienone is 1. The first-order valence-corrected chi connectivity index (χ1v) is 19.0. The molecule has 0 saturated carbocycles. The zero-order chi connectivity index (χ0) is 33.2. The Morgan fingerprint density at radius 1 is 0.894 bits per heavy atom. The van der Waals surface area contributed by atoms with Crippen molar-refractivity contribution in [1.29, 1.82) is 0 Å². The van der Waals surface area contributed by atoms with Crippen molar-refractivity contribution in [1.82, 2.24) is 19.5 Å². The SMILES string of the molecule is C=CC[C@H]1[C@@H](O[Si](C)(C)C(C)(C)C)[C@H](n2cnc3c(NC(c4ccccc4)(c4ccccc4)c4ccccc4)ncnc32)O[C@@H]1C=O. The topological polar surface area (TPSA) is 91.2 Å². The molecule has 5 aromatic rings. The number of rotatable bonds is 11. The summed E-state index contributed by atoms with van der Waals surface area (Å²) < 4.78 is 15.4. The first-order valence-electron chi connectivity index (χ1n) is 16.1. The molecule has 1 fully saturated rings. The molecule has 2 aromatic heterocycles. The van der Waals surface area contributed by atoms with Crippen LogP contribution >= 0.6 is 0 Å². The number of fused-ring (bicyclic) bond motifs is 1. The van der Waals surface area contributed by atoms with Crippen molar-refractivity contribution in [3.63, 3.8) is 0 Å². The Labute approximate surface area is 278 Å². The standard InChI is InChI=1S/C38H43N5O3Si/c1-7-17-30-31(24-44)45-36(33(30)46-47(5,6)37(2,3)4)43-26-41-32-34(39-25-40-35(32)43)42-38(27-18-11-8-12-19-27,28-20-13-9-14-21-28)29-22-15-10-16-23-29/h7-16,18-26,30-31,33,36H,1,17H2,2-6H3,(H,39,40,42)/t30-,31-,33-,36-/m1/s1. The molecule has 1 aliphatic rings. The van der Waals surface area contributed by atoms with E-state index in [1.807, 2.05) is 65.2 Å². The minimum atomic E-state index is -2.27. The van der Waals surface area contributed by atoms with E-state index in [4.69, 9.17) is 24.1 Å². The van der Waals surface area contributed by atoms with E-state index in [-0.39, 0.29) is 11.0 Å². The molecule has 47 heavy (non-hydrogen) atoms. The molecule has 0 amide bonds. The molecule has 8 nitrogen and oxygen atoms in total. The molecule has 1 aliphatic heterocycles.